The van der Waals surface area contributed by atoms with Crippen LogP contribution in [-0.2, 0) is 11.8 Å². The lowest BCUT2D eigenvalue weighted by Crippen LogP contribution is -2.02. The summed E-state index contributed by atoms with van der Waals surface area (Å²) in [6.07, 6.45) is 1.69. The standard InChI is InChI=1S/C15H14BrN3O3/c1-3-21-15(20)12-5-8-4-9(17)6-10(14(8)22-12)13-11(16)7-18-19(13)2/h4-7H,3,17H2,1-2H3. The van der Waals surface area contributed by atoms with Crippen molar-refractivity contribution < 1.29 is 13.9 Å². The predicted octanol–water partition coefficient (Wildman–Crippen LogP) is 3.35. The van der Waals surface area contributed by atoms with Gasteiger partial charge in [0.25, 0.3) is 0 Å². The van der Waals surface area contributed by atoms with Crippen molar-refractivity contribution in [3.8, 4) is 11.3 Å². The molecule has 0 radical (unpaired) electrons. The van der Waals surface area contributed by atoms with Crippen LogP contribution in [0.3, 0.4) is 0 Å². The number of hydrogen-bond acceptors (Lipinski definition) is 5. The summed E-state index contributed by atoms with van der Waals surface area (Å²) >= 11 is 3.47. The summed E-state index contributed by atoms with van der Waals surface area (Å²) in [5.74, 6) is -0.339. The van der Waals surface area contributed by atoms with E-state index in [1.165, 1.54) is 0 Å². The molecule has 0 amide bonds. The molecule has 22 heavy (non-hydrogen) atoms. The molecule has 0 saturated heterocycles. The van der Waals surface area contributed by atoms with Crippen molar-refractivity contribution in [1.29, 1.82) is 0 Å². The number of aryl methyl sites for hydroxylation is 1. The molecule has 3 aromatic rings. The SMILES string of the molecule is CCOC(=O)c1cc2cc(N)cc(-c3c(Br)cnn3C)c2o1. The van der Waals surface area contributed by atoms with Gasteiger partial charge in [0.05, 0.1) is 23.0 Å². The Balaban J connectivity index is 2.24. The number of halogens is 1. The van der Waals surface area contributed by atoms with Gasteiger partial charge in [-0.1, -0.05) is 0 Å². The summed E-state index contributed by atoms with van der Waals surface area (Å²) < 4.78 is 13.2. The van der Waals surface area contributed by atoms with Crippen LogP contribution in [-0.4, -0.2) is 22.4 Å². The molecule has 0 aliphatic rings. The van der Waals surface area contributed by atoms with Crippen molar-refractivity contribution >= 4 is 38.6 Å². The molecule has 0 saturated carbocycles. The highest BCUT2D eigenvalue weighted by molar-refractivity contribution is 9.10. The average Bonchev–Trinajstić information content (AvgIpc) is 3.02. The molecule has 114 valence electrons. The molecule has 2 N–H and O–H groups in total. The number of esters is 1. The second kappa shape index (κ2) is 5.49. The average molecular weight is 364 g/mol. The molecule has 0 aliphatic carbocycles. The third-order valence-corrected chi connectivity index (χ3v) is 3.84. The minimum atomic E-state index is -0.493. The summed E-state index contributed by atoms with van der Waals surface area (Å²) in [6.45, 7) is 2.04. The van der Waals surface area contributed by atoms with Crippen molar-refractivity contribution in [2.45, 2.75) is 6.92 Å². The van der Waals surface area contributed by atoms with Crippen LogP contribution in [0.25, 0.3) is 22.2 Å². The van der Waals surface area contributed by atoms with Gasteiger partial charge in [0.1, 0.15) is 5.58 Å². The molecule has 7 heteroatoms. The summed E-state index contributed by atoms with van der Waals surface area (Å²) in [7, 11) is 1.82. The Bertz CT molecular complexity index is 847. The van der Waals surface area contributed by atoms with Crippen LogP contribution in [0.2, 0.25) is 0 Å². The first-order chi connectivity index (χ1) is 10.5. The molecule has 0 aliphatic heterocycles. The Labute approximate surface area is 135 Å². The fourth-order valence-electron chi connectivity index (χ4n) is 2.37. The molecular weight excluding hydrogens is 350 g/mol. The Hall–Kier alpha value is -2.28. The van der Waals surface area contributed by atoms with Gasteiger partial charge < -0.3 is 14.9 Å². The summed E-state index contributed by atoms with van der Waals surface area (Å²) in [4.78, 5) is 11.9. The number of aromatic nitrogens is 2. The second-order valence-corrected chi connectivity index (χ2v) is 5.64. The smallest absolute Gasteiger partial charge is 0.374 e. The Kier molecular flexibility index (Phi) is 3.66. The van der Waals surface area contributed by atoms with Crippen LogP contribution in [0.5, 0.6) is 0 Å². The molecule has 0 atom stereocenters. The lowest BCUT2D eigenvalue weighted by atomic mass is 10.1. The lowest BCUT2D eigenvalue weighted by Gasteiger charge is -2.06. The Morgan fingerprint density at radius 1 is 1.45 bits per heavy atom. The van der Waals surface area contributed by atoms with Crippen molar-refractivity contribution in [1.82, 2.24) is 9.78 Å². The van der Waals surface area contributed by atoms with Crippen LogP contribution < -0.4 is 5.73 Å². The Morgan fingerprint density at radius 2 is 2.23 bits per heavy atom. The van der Waals surface area contributed by atoms with Gasteiger partial charge in [-0.15, -0.1) is 0 Å². The predicted molar refractivity (Wildman–Crippen MR) is 86.5 cm³/mol. The van der Waals surface area contributed by atoms with E-state index in [1.807, 2.05) is 7.05 Å². The number of furan rings is 1. The minimum Gasteiger partial charge on any atom is -0.460 e. The van der Waals surface area contributed by atoms with E-state index in [-0.39, 0.29) is 12.4 Å². The topological polar surface area (TPSA) is 83.3 Å². The van der Waals surface area contributed by atoms with Gasteiger partial charge in [0.2, 0.25) is 5.76 Å². The molecule has 6 nitrogen and oxygen atoms in total. The molecule has 0 bridgehead atoms. The van der Waals surface area contributed by atoms with E-state index >= 15 is 0 Å². The minimum absolute atomic E-state index is 0.155. The van der Waals surface area contributed by atoms with Gasteiger partial charge in [0.15, 0.2) is 0 Å². The first-order valence-electron chi connectivity index (χ1n) is 6.69. The van der Waals surface area contributed by atoms with Gasteiger partial charge in [0, 0.05) is 23.7 Å². The highest BCUT2D eigenvalue weighted by Gasteiger charge is 2.19. The Morgan fingerprint density at radius 3 is 2.86 bits per heavy atom. The summed E-state index contributed by atoms with van der Waals surface area (Å²) in [6, 6.07) is 5.19. The van der Waals surface area contributed by atoms with E-state index in [0.717, 1.165) is 21.1 Å². The summed E-state index contributed by atoms with van der Waals surface area (Å²) in [5.41, 5.74) is 8.70. The molecule has 2 heterocycles. The number of carbonyl (C=O) groups excluding carboxylic acids is 1. The number of nitrogens with two attached hydrogens (primary N) is 1. The fourth-order valence-corrected chi connectivity index (χ4v) is 2.93. The van der Waals surface area contributed by atoms with E-state index < -0.39 is 5.97 Å². The van der Waals surface area contributed by atoms with E-state index in [0.29, 0.717) is 11.3 Å². The number of carbonyl (C=O) groups is 1. The third-order valence-electron chi connectivity index (χ3n) is 3.26. The zero-order valence-corrected chi connectivity index (χ0v) is 13.7. The maximum atomic E-state index is 11.9. The fraction of sp³-hybridized carbons (Fsp3) is 0.200. The second-order valence-electron chi connectivity index (χ2n) is 4.78. The molecule has 2 aromatic heterocycles. The van der Waals surface area contributed by atoms with E-state index in [1.54, 1.807) is 36.0 Å². The van der Waals surface area contributed by atoms with Crippen LogP contribution >= 0.6 is 15.9 Å². The number of benzene rings is 1. The van der Waals surface area contributed by atoms with Gasteiger partial charge in [-0.05, 0) is 41.1 Å². The van der Waals surface area contributed by atoms with E-state index in [2.05, 4.69) is 21.0 Å². The van der Waals surface area contributed by atoms with E-state index in [9.17, 15) is 4.79 Å². The van der Waals surface area contributed by atoms with E-state index in [4.69, 9.17) is 14.9 Å². The normalized spacial score (nSPS) is 11.0. The highest BCUT2D eigenvalue weighted by Crippen LogP contribution is 2.36. The molecule has 0 spiro atoms. The van der Waals surface area contributed by atoms with Crippen molar-refractivity contribution in [2.75, 3.05) is 12.3 Å². The number of ether oxygens (including phenoxy) is 1. The molecule has 0 unspecified atom stereocenters. The van der Waals surface area contributed by atoms with Crippen molar-refractivity contribution in [3.63, 3.8) is 0 Å². The first kappa shape index (κ1) is 14.6. The number of anilines is 1. The molecule has 0 fully saturated rings. The van der Waals surface area contributed by atoms with Crippen LogP contribution in [0, 0.1) is 0 Å². The monoisotopic (exact) mass is 363 g/mol. The first-order valence-corrected chi connectivity index (χ1v) is 7.48. The van der Waals surface area contributed by atoms with Gasteiger partial charge in [-0.2, -0.15) is 5.10 Å². The summed E-state index contributed by atoms with van der Waals surface area (Å²) in [5, 5.41) is 4.94. The largest absolute Gasteiger partial charge is 0.460 e. The third kappa shape index (κ3) is 2.37. The van der Waals surface area contributed by atoms with Gasteiger partial charge in [-0.25, -0.2) is 4.79 Å². The van der Waals surface area contributed by atoms with Gasteiger partial charge >= 0.3 is 5.97 Å². The number of fused-ring (bicyclic) bond motifs is 1. The highest BCUT2D eigenvalue weighted by atomic mass is 79.9. The van der Waals surface area contributed by atoms with Crippen LogP contribution in [0.15, 0.2) is 33.3 Å². The number of rotatable bonds is 3. The van der Waals surface area contributed by atoms with Gasteiger partial charge in [-0.3, -0.25) is 4.68 Å². The zero-order chi connectivity index (χ0) is 15.9. The number of hydrogen-bond donors (Lipinski definition) is 1. The number of nitrogen functional groups attached to an aromatic ring is 1. The van der Waals surface area contributed by atoms with Crippen molar-refractivity contribution in [3.05, 3.63) is 34.6 Å². The molecule has 1 aromatic carbocycles. The zero-order valence-electron chi connectivity index (χ0n) is 12.1. The molecular formula is C15H14BrN3O3. The lowest BCUT2D eigenvalue weighted by molar-refractivity contribution is 0.0493. The quantitative estimate of drug-likeness (QED) is 0.569. The maximum absolute atomic E-state index is 11.9. The maximum Gasteiger partial charge on any atom is 0.374 e. The van der Waals surface area contributed by atoms with Crippen LogP contribution in [0.1, 0.15) is 17.5 Å². The van der Waals surface area contributed by atoms with Crippen molar-refractivity contribution in [2.24, 2.45) is 7.05 Å². The molecule has 3 rings (SSSR count). The van der Waals surface area contributed by atoms with Crippen LogP contribution in [0.4, 0.5) is 5.69 Å². The number of nitrogens with zero attached hydrogens (tertiary/aromatic N) is 2.